The van der Waals surface area contributed by atoms with E-state index in [1.165, 1.54) is 22.9 Å². The second kappa shape index (κ2) is 11.2. The normalized spacial score (nSPS) is 19.9. The van der Waals surface area contributed by atoms with Crippen LogP contribution < -0.4 is 5.32 Å². The summed E-state index contributed by atoms with van der Waals surface area (Å²) in [5, 5.41) is 13.1. The minimum Gasteiger partial charge on any atom is -0.350 e. The summed E-state index contributed by atoms with van der Waals surface area (Å²) >= 11 is 0. The van der Waals surface area contributed by atoms with E-state index in [2.05, 4.69) is 47.5 Å². The number of halogens is 2. The first kappa shape index (κ1) is 31.0. The number of nitrogens with zero attached hydrogens (tertiary/aromatic N) is 3. The molecule has 0 bridgehead atoms. The largest absolute Gasteiger partial charge is 0.350 e. The van der Waals surface area contributed by atoms with Gasteiger partial charge >= 0.3 is 0 Å². The number of aromatic nitrogens is 1. The molecule has 0 saturated carbocycles. The fourth-order valence-corrected chi connectivity index (χ4v) is 6.55. The number of H-pyrrole nitrogens is 1. The van der Waals surface area contributed by atoms with Gasteiger partial charge in [0.2, 0.25) is 11.8 Å². The molecule has 3 atom stereocenters. The lowest BCUT2D eigenvalue weighted by Gasteiger charge is -2.33. The zero-order valence-electron chi connectivity index (χ0n) is 25.6. The Morgan fingerprint density at radius 2 is 1.91 bits per heavy atom. The van der Waals surface area contributed by atoms with Crippen molar-refractivity contribution in [2.45, 2.75) is 63.8 Å². The van der Waals surface area contributed by atoms with Crippen LogP contribution in [0.4, 0.5) is 14.5 Å². The summed E-state index contributed by atoms with van der Waals surface area (Å²) in [6, 6.07) is 9.01. The van der Waals surface area contributed by atoms with Gasteiger partial charge in [0.05, 0.1) is 17.0 Å². The minimum atomic E-state index is -1.66. The van der Waals surface area contributed by atoms with E-state index in [0.29, 0.717) is 11.3 Å². The van der Waals surface area contributed by atoms with Gasteiger partial charge in [0.25, 0.3) is 5.91 Å². The maximum atomic E-state index is 14.4. The molecule has 11 heteroatoms. The molecule has 1 saturated heterocycles. The zero-order valence-corrected chi connectivity index (χ0v) is 26.6. The molecule has 2 aliphatic heterocycles. The van der Waals surface area contributed by atoms with E-state index < -0.39 is 49.0 Å². The summed E-state index contributed by atoms with van der Waals surface area (Å²) < 4.78 is 28.1. The molecule has 0 unspecified atom stereocenters. The number of anilines is 1. The van der Waals surface area contributed by atoms with E-state index in [4.69, 9.17) is 0 Å². The van der Waals surface area contributed by atoms with Crippen molar-refractivity contribution in [1.29, 1.82) is 5.26 Å². The van der Waals surface area contributed by atoms with Crippen molar-refractivity contribution in [1.82, 2.24) is 14.8 Å². The molecule has 228 valence electrons. The second-order valence-electron chi connectivity index (χ2n) is 13.2. The molecule has 2 aliphatic rings. The van der Waals surface area contributed by atoms with E-state index in [0.717, 1.165) is 17.7 Å². The Morgan fingerprint density at radius 1 is 1.18 bits per heavy atom. The molecular weight excluding hydrogens is 580 g/mol. The molecule has 3 amide bonds. The number of nitrogens with one attached hydrogen (secondary N) is 2. The zero-order chi connectivity index (χ0) is 32.1. The Bertz CT molecular complexity index is 1790. The van der Waals surface area contributed by atoms with Crippen molar-refractivity contribution in [3.63, 3.8) is 0 Å². The Morgan fingerprint density at radius 3 is 2.57 bits per heavy atom. The van der Waals surface area contributed by atoms with Gasteiger partial charge in [-0.2, -0.15) is 5.26 Å². The van der Waals surface area contributed by atoms with Crippen LogP contribution in [0.1, 0.15) is 48.3 Å². The molecule has 1 fully saturated rings. The van der Waals surface area contributed by atoms with Gasteiger partial charge in [0, 0.05) is 42.7 Å². The first-order chi connectivity index (χ1) is 20.6. The van der Waals surface area contributed by atoms with Crippen molar-refractivity contribution < 1.29 is 23.2 Å². The minimum absolute atomic E-state index is 0.000614. The molecule has 3 aromatic rings. The third-order valence-corrected chi connectivity index (χ3v) is 9.12. The number of likely N-dealkylation sites (tertiary alicyclic amines) is 1. The molecule has 2 N–H and O–H groups in total. The van der Waals surface area contributed by atoms with Crippen LogP contribution in [0.2, 0.25) is 19.6 Å². The SMILES string of the molecule is CC(C)C[C@@H](C(=O)N1C[C@]2(C[C@H]1C#N)C(=O)Nc1ccc(C#C[Si](C)(C)C)cc12)N(C)C(=O)c1cc2c(F)cc(F)cc2[nH]1. The highest BCUT2D eigenvalue weighted by Crippen LogP contribution is 2.47. The molecule has 8 nitrogen and oxygen atoms in total. The van der Waals surface area contributed by atoms with Crippen LogP contribution in [0, 0.1) is 40.3 Å². The number of carbonyl (C=O) groups excluding carboxylic acids is 3. The smallest absolute Gasteiger partial charge is 0.270 e. The van der Waals surface area contributed by atoms with E-state index in [-0.39, 0.29) is 47.8 Å². The number of hydrogen-bond acceptors (Lipinski definition) is 4. The van der Waals surface area contributed by atoms with Gasteiger partial charge in [0.1, 0.15) is 37.5 Å². The number of rotatable bonds is 5. The highest BCUT2D eigenvalue weighted by atomic mass is 28.3. The van der Waals surface area contributed by atoms with Crippen LogP contribution in [0.3, 0.4) is 0 Å². The third kappa shape index (κ3) is 5.60. The van der Waals surface area contributed by atoms with Crippen LogP contribution in [0.15, 0.2) is 36.4 Å². The topological polar surface area (TPSA) is 109 Å². The molecule has 0 radical (unpaired) electrons. The van der Waals surface area contributed by atoms with Crippen LogP contribution in [0.5, 0.6) is 0 Å². The summed E-state index contributed by atoms with van der Waals surface area (Å²) in [5.74, 6) is 0.308. The lowest BCUT2D eigenvalue weighted by atomic mass is 9.79. The van der Waals surface area contributed by atoms with Crippen LogP contribution in [0.25, 0.3) is 10.9 Å². The Balaban J connectivity index is 1.47. The molecule has 5 rings (SSSR count). The molecular formula is C33H35F2N5O3Si. The van der Waals surface area contributed by atoms with Gasteiger partial charge < -0.3 is 20.1 Å². The molecule has 2 aromatic carbocycles. The number of carbonyl (C=O) groups is 3. The van der Waals surface area contributed by atoms with Crippen molar-refractivity contribution >= 4 is 42.4 Å². The fourth-order valence-electron chi connectivity index (χ4n) is 6.03. The summed E-state index contributed by atoms with van der Waals surface area (Å²) in [7, 11) is -0.181. The summed E-state index contributed by atoms with van der Waals surface area (Å²) in [6.07, 6.45) is 0.392. The first-order valence-corrected chi connectivity index (χ1v) is 18.1. The highest BCUT2D eigenvalue weighted by Gasteiger charge is 2.57. The first-order valence-electron chi connectivity index (χ1n) is 14.6. The van der Waals surface area contributed by atoms with Crippen molar-refractivity contribution in [3.05, 3.63) is 64.9 Å². The van der Waals surface area contributed by atoms with E-state index >= 15 is 0 Å². The number of nitriles is 1. The van der Waals surface area contributed by atoms with Gasteiger partial charge in [-0.05, 0) is 48.2 Å². The Kier molecular flexibility index (Phi) is 7.89. The van der Waals surface area contributed by atoms with Gasteiger partial charge in [0.15, 0.2) is 0 Å². The maximum Gasteiger partial charge on any atom is 0.270 e. The molecule has 0 aliphatic carbocycles. The van der Waals surface area contributed by atoms with Gasteiger partial charge in [-0.15, -0.1) is 5.54 Å². The van der Waals surface area contributed by atoms with E-state index in [1.54, 1.807) is 0 Å². The highest BCUT2D eigenvalue weighted by molar-refractivity contribution is 6.83. The predicted molar refractivity (Wildman–Crippen MR) is 166 cm³/mol. The average molecular weight is 616 g/mol. The van der Waals surface area contributed by atoms with Crippen LogP contribution >= 0.6 is 0 Å². The third-order valence-electron chi connectivity index (χ3n) is 8.24. The lowest BCUT2D eigenvalue weighted by Crippen LogP contribution is -2.52. The molecule has 1 aromatic heterocycles. The number of likely N-dealkylation sites (N-methyl/N-ethyl adjacent to an activating group) is 1. The number of hydrogen-bond donors (Lipinski definition) is 2. The monoisotopic (exact) mass is 615 g/mol. The summed E-state index contributed by atoms with van der Waals surface area (Å²) in [6.45, 7) is 10.2. The number of fused-ring (bicyclic) bond motifs is 3. The fraction of sp³-hybridized carbons (Fsp3) is 0.394. The van der Waals surface area contributed by atoms with E-state index in [9.17, 15) is 28.4 Å². The second-order valence-corrected chi connectivity index (χ2v) is 18.0. The van der Waals surface area contributed by atoms with Crippen molar-refractivity contribution in [2.75, 3.05) is 18.9 Å². The average Bonchev–Trinajstić information content (AvgIpc) is 3.63. The molecule has 3 heterocycles. The maximum absolute atomic E-state index is 14.4. The number of amides is 3. The van der Waals surface area contributed by atoms with Gasteiger partial charge in [-0.25, -0.2) is 8.78 Å². The quantitative estimate of drug-likeness (QED) is 0.305. The number of benzene rings is 2. The predicted octanol–water partition coefficient (Wildman–Crippen LogP) is 5.18. The number of aromatic amines is 1. The Labute approximate surface area is 256 Å². The Hall–Kier alpha value is -4.48. The summed E-state index contributed by atoms with van der Waals surface area (Å²) in [5.41, 5.74) is 4.43. The van der Waals surface area contributed by atoms with Gasteiger partial charge in [-0.3, -0.25) is 14.4 Å². The molecule has 1 spiro atoms. The van der Waals surface area contributed by atoms with Crippen LogP contribution in [-0.4, -0.2) is 66.3 Å². The van der Waals surface area contributed by atoms with Crippen LogP contribution in [-0.2, 0) is 15.0 Å². The van der Waals surface area contributed by atoms with E-state index in [1.807, 2.05) is 32.0 Å². The molecule has 44 heavy (non-hydrogen) atoms. The standard InChI is InChI=1S/C33H35F2N5O3Si/c1-19(2)11-29(39(3)30(41)28-15-23-25(35)13-21(34)14-27(23)37-28)31(42)40-18-33(16-22(40)17-36)24-12-20(9-10-44(4,5)6)7-8-26(24)38-32(33)43/h7-8,12-15,19,22,29,37H,11,16,18H2,1-6H3,(H,38,43)/t22-,29-,33-/m0/s1. The van der Waals surface area contributed by atoms with Crippen molar-refractivity contribution in [2.24, 2.45) is 5.92 Å². The van der Waals surface area contributed by atoms with Crippen molar-refractivity contribution in [3.8, 4) is 17.5 Å². The lowest BCUT2D eigenvalue weighted by molar-refractivity contribution is -0.136. The van der Waals surface area contributed by atoms with Gasteiger partial charge in [-0.1, -0.05) is 39.4 Å². The summed E-state index contributed by atoms with van der Waals surface area (Å²) in [4.78, 5) is 46.8.